The molecular formula is C18H21N5OS. The average molecular weight is 355 g/mol. The molecule has 4 rings (SSSR count). The normalized spacial score (nSPS) is 13.3. The van der Waals surface area contributed by atoms with Gasteiger partial charge in [-0.05, 0) is 30.9 Å². The Morgan fingerprint density at radius 1 is 1.32 bits per heavy atom. The lowest BCUT2D eigenvalue weighted by Gasteiger charge is -2.10. The van der Waals surface area contributed by atoms with Gasteiger partial charge in [0.15, 0.2) is 5.16 Å². The average Bonchev–Trinajstić information content (AvgIpc) is 3.31. The SMILES string of the molecule is Cn1cnnc1SCCNC(=O)Cn1c2c(c3ccccc31)CCC2. The molecule has 25 heavy (non-hydrogen) atoms. The van der Waals surface area contributed by atoms with E-state index in [1.54, 1.807) is 18.1 Å². The quantitative estimate of drug-likeness (QED) is 0.544. The number of nitrogens with zero attached hydrogens (tertiary/aromatic N) is 4. The zero-order valence-electron chi connectivity index (χ0n) is 14.2. The number of hydrogen-bond donors (Lipinski definition) is 1. The van der Waals surface area contributed by atoms with Crippen molar-refractivity contribution in [3.05, 3.63) is 41.9 Å². The fourth-order valence-corrected chi connectivity index (χ4v) is 4.28. The number of amides is 1. The maximum Gasteiger partial charge on any atom is 0.239 e. The Bertz CT molecular complexity index is 913. The van der Waals surface area contributed by atoms with Crippen molar-refractivity contribution in [2.45, 2.75) is 31.0 Å². The Labute approximate surface area is 150 Å². The Kier molecular flexibility index (Phi) is 4.48. The van der Waals surface area contributed by atoms with Crippen molar-refractivity contribution in [3.8, 4) is 0 Å². The maximum absolute atomic E-state index is 12.4. The second-order valence-corrected chi connectivity index (χ2v) is 7.37. The molecule has 1 aliphatic rings. The number of nitrogens with one attached hydrogen (secondary N) is 1. The first kappa shape index (κ1) is 16.2. The summed E-state index contributed by atoms with van der Waals surface area (Å²) in [5.41, 5.74) is 3.95. The van der Waals surface area contributed by atoms with Crippen molar-refractivity contribution in [1.82, 2.24) is 24.6 Å². The van der Waals surface area contributed by atoms with Gasteiger partial charge in [-0.25, -0.2) is 0 Å². The number of rotatable bonds is 6. The molecule has 0 bridgehead atoms. The Morgan fingerprint density at radius 3 is 3.04 bits per heavy atom. The summed E-state index contributed by atoms with van der Waals surface area (Å²) in [6, 6.07) is 8.41. The minimum atomic E-state index is 0.0639. The molecule has 0 saturated heterocycles. The van der Waals surface area contributed by atoms with Gasteiger partial charge in [0.2, 0.25) is 5.91 Å². The van der Waals surface area contributed by atoms with Gasteiger partial charge in [-0.15, -0.1) is 10.2 Å². The van der Waals surface area contributed by atoms with Gasteiger partial charge in [0.05, 0.1) is 0 Å². The van der Waals surface area contributed by atoms with Gasteiger partial charge < -0.3 is 14.5 Å². The Balaban J connectivity index is 1.38. The summed E-state index contributed by atoms with van der Waals surface area (Å²) >= 11 is 1.59. The van der Waals surface area contributed by atoms with Crippen molar-refractivity contribution < 1.29 is 4.79 Å². The number of carbonyl (C=O) groups excluding carboxylic acids is 1. The van der Waals surface area contributed by atoms with Gasteiger partial charge in [0.25, 0.3) is 0 Å². The summed E-state index contributed by atoms with van der Waals surface area (Å²) in [7, 11) is 1.92. The molecule has 0 unspecified atom stereocenters. The van der Waals surface area contributed by atoms with E-state index in [9.17, 15) is 4.79 Å². The van der Waals surface area contributed by atoms with Crippen molar-refractivity contribution in [2.24, 2.45) is 7.05 Å². The number of benzene rings is 1. The van der Waals surface area contributed by atoms with Crippen molar-refractivity contribution in [2.75, 3.05) is 12.3 Å². The highest BCUT2D eigenvalue weighted by atomic mass is 32.2. The van der Waals surface area contributed by atoms with Crippen LogP contribution in [0, 0.1) is 0 Å². The van der Waals surface area contributed by atoms with Crippen LogP contribution in [0.25, 0.3) is 10.9 Å². The summed E-state index contributed by atoms with van der Waals surface area (Å²) in [5.74, 6) is 0.844. The van der Waals surface area contributed by atoms with Crippen molar-refractivity contribution >= 4 is 28.6 Å². The first-order valence-corrected chi connectivity index (χ1v) is 9.55. The third-order valence-electron chi connectivity index (χ3n) is 4.66. The molecule has 6 nitrogen and oxygen atoms in total. The third-order valence-corrected chi connectivity index (χ3v) is 5.70. The molecule has 3 aromatic rings. The van der Waals surface area contributed by atoms with Crippen LogP contribution in [0.4, 0.5) is 0 Å². The lowest BCUT2D eigenvalue weighted by atomic mass is 10.1. The van der Waals surface area contributed by atoms with Crippen LogP contribution in [-0.4, -0.2) is 37.5 Å². The van der Waals surface area contributed by atoms with Crippen LogP contribution >= 0.6 is 11.8 Å². The molecule has 1 aromatic carbocycles. The van der Waals surface area contributed by atoms with Crippen LogP contribution in [0.2, 0.25) is 0 Å². The van der Waals surface area contributed by atoms with Gasteiger partial charge in [-0.1, -0.05) is 30.0 Å². The highest BCUT2D eigenvalue weighted by molar-refractivity contribution is 7.99. The van der Waals surface area contributed by atoms with E-state index in [1.165, 1.54) is 28.6 Å². The second kappa shape index (κ2) is 6.92. The minimum absolute atomic E-state index is 0.0639. The zero-order valence-corrected chi connectivity index (χ0v) is 15.1. The standard InChI is InChI=1S/C18H21N5OS/c1-22-12-20-21-18(22)25-10-9-19-17(24)11-23-15-7-3-2-5-13(15)14-6-4-8-16(14)23/h2-3,5,7,12H,4,6,8-11H2,1H3,(H,19,24). The van der Waals surface area contributed by atoms with Gasteiger partial charge >= 0.3 is 0 Å². The molecule has 0 saturated carbocycles. The van der Waals surface area contributed by atoms with E-state index in [0.29, 0.717) is 13.1 Å². The number of hydrogen-bond acceptors (Lipinski definition) is 4. The summed E-state index contributed by atoms with van der Waals surface area (Å²) in [5, 5.41) is 13.1. The first-order valence-electron chi connectivity index (χ1n) is 8.56. The van der Waals surface area contributed by atoms with E-state index >= 15 is 0 Å². The number of thioether (sulfide) groups is 1. The molecule has 1 aliphatic carbocycles. The molecule has 130 valence electrons. The Morgan fingerprint density at radius 2 is 2.20 bits per heavy atom. The summed E-state index contributed by atoms with van der Waals surface area (Å²) in [4.78, 5) is 12.4. The monoisotopic (exact) mass is 355 g/mol. The Hall–Kier alpha value is -2.28. The summed E-state index contributed by atoms with van der Waals surface area (Å²) in [6.45, 7) is 1.02. The zero-order chi connectivity index (χ0) is 17.2. The smallest absolute Gasteiger partial charge is 0.239 e. The van der Waals surface area contributed by atoms with Crippen molar-refractivity contribution in [3.63, 3.8) is 0 Å². The molecule has 0 radical (unpaired) electrons. The largest absolute Gasteiger partial charge is 0.354 e. The van der Waals surface area contributed by atoms with Gasteiger partial charge in [-0.2, -0.15) is 0 Å². The molecule has 2 aromatic heterocycles. The van der Waals surface area contributed by atoms with Crippen LogP contribution in [0.5, 0.6) is 0 Å². The number of carbonyl (C=O) groups is 1. The van der Waals surface area contributed by atoms with Gasteiger partial charge in [-0.3, -0.25) is 4.79 Å². The summed E-state index contributed by atoms with van der Waals surface area (Å²) in [6.07, 6.45) is 5.06. The maximum atomic E-state index is 12.4. The molecule has 1 amide bonds. The van der Waals surface area contributed by atoms with E-state index in [2.05, 4.69) is 38.3 Å². The van der Waals surface area contributed by atoms with Gasteiger partial charge in [0, 0.05) is 35.9 Å². The number of aromatic nitrogens is 4. The second-order valence-electron chi connectivity index (χ2n) is 6.30. The molecular weight excluding hydrogens is 334 g/mol. The molecule has 1 N–H and O–H groups in total. The van der Waals surface area contributed by atoms with E-state index in [0.717, 1.165) is 23.8 Å². The van der Waals surface area contributed by atoms with Crippen LogP contribution in [0.1, 0.15) is 17.7 Å². The van der Waals surface area contributed by atoms with Crippen LogP contribution < -0.4 is 5.32 Å². The van der Waals surface area contributed by atoms with Gasteiger partial charge in [0.1, 0.15) is 12.9 Å². The molecule has 0 fully saturated rings. The molecule has 0 aliphatic heterocycles. The molecule has 7 heteroatoms. The van der Waals surface area contributed by atoms with Crippen LogP contribution in [0.3, 0.4) is 0 Å². The van der Waals surface area contributed by atoms with Crippen molar-refractivity contribution in [1.29, 1.82) is 0 Å². The lowest BCUT2D eigenvalue weighted by Crippen LogP contribution is -2.29. The summed E-state index contributed by atoms with van der Waals surface area (Å²) < 4.78 is 4.07. The lowest BCUT2D eigenvalue weighted by molar-refractivity contribution is -0.121. The molecule has 2 heterocycles. The highest BCUT2D eigenvalue weighted by Gasteiger charge is 2.22. The van der Waals surface area contributed by atoms with E-state index in [-0.39, 0.29) is 5.91 Å². The number of aryl methyl sites for hydroxylation is 2. The predicted molar refractivity (Wildman–Crippen MR) is 98.7 cm³/mol. The highest BCUT2D eigenvalue weighted by Crippen LogP contribution is 2.32. The van der Waals surface area contributed by atoms with Crippen LogP contribution in [-0.2, 0) is 31.2 Å². The first-order chi connectivity index (χ1) is 12.2. The molecule has 0 spiro atoms. The fraction of sp³-hybridized carbons (Fsp3) is 0.389. The topological polar surface area (TPSA) is 64.7 Å². The fourth-order valence-electron chi connectivity index (χ4n) is 3.54. The number of para-hydroxylation sites is 1. The predicted octanol–water partition coefficient (Wildman–Crippen LogP) is 2.17. The third kappa shape index (κ3) is 3.16. The molecule has 0 atom stereocenters. The van der Waals surface area contributed by atoms with E-state index in [4.69, 9.17) is 0 Å². The van der Waals surface area contributed by atoms with E-state index < -0.39 is 0 Å². The van der Waals surface area contributed by atoms with Crippen LogP contribution in [0.15, 0.2) is 35.7 Å². The number of fused-ring (bicyclic) bond motifs is 3. The minimum Gasteiger partial charge on any atom is -0.354 e. The van der Waals surface area contributed by atoms with E-state index in [1.807, 2.05) is 17.7 Å².